The summed E-state index contributed by atoms with van der Waals surface area (Å²) >= 11 is 0. The highest BCUT2D eigenvalue weighted by atomic mass is 19.4. The molecule has 1 aromatic carbocycles. The maximum absolute atomic E-state index is 12.8. The molecule has 126 valence electrons. The predicted octanol–water partition coefficient (Wildman–Crippen LogP) is 3.58. The topological polar surface area (TPSA) is 60.0 Å². The van der Waals surface area contributed by atoms with Gasteiger partial charge >= 0.3 is 6.18 Å². The molecule has 0 fully saturated rings. The molecular formula is C16H14F3N3O2. The van der Waals surface area contributed by atoms with E-state index in [0.717, 1.165) is 11.3 Å². The molecular weight excluding hydrogens is 323 g/mol. The lowest BCUT2D eigenvalue weighted by atomic mass is 10.1. The van der Waals surface area contributed by atoms with E-state index in [0.29, 0.717) is 12.0 Å². The summed E-state index contributed by atoms with van der Waals surface area (Å²) in [5, 5.41) is 0. The van der Waals surface area contributed by atoms with Crippen molar-refractivity contribution in [1.82, 2.24) is 15.0 Å². The first-order valence-corrected chi connectivity index (χ1v) is 7.04. The zero-order valence-corrected chi connectivity index (χ0v) is 12.9. The van der Waals surface area contributed by atoms with Gasteiger partial charge in [-0.1, -0.05) is 12.1 Å². The molecule has 5 nitrogen and oxygen atoms in total. The van der Waals surface area contributed by atoms with Gasteiger partial charge in [0.15, 0.2) is 5.65 Å². The molecule has 0 atom stereocenters. The standard InChI is InChI=1S/C16H14F3N3O2/c1-23-11-5-3-9(4-6-11)7-10-8-12-13(21-14(10)24-2)22-15(20-12)16(17,18)19/h3-6,8H,7H2,1-2H3,(H,20,21,22). The van der Waals surface area contributed by atoms with Crippen LogP contribution in [0, 0.1) is 0 Å². The second-order valence-corrected chi connectivity index (χ2v) is 5.14. The molecule has 0 aliphatic heterocycles. The highest BCUT2D eigenvalue weighted by molar-refractivity contribution is 5.73. The summed E-state index contributed by atoms with van der Waals surface area (Å²) in [6.45, 7) is 0. The van der Waals surface area contributed by atoms with Crippen molar-refractivity contribution in [1.29, 1.82) is 0 Å². The van der Waals surface area contributed by atoms with Gasteiger partial charge in [0.2, 0.25) is 11.7 Å². The van der Waals surface area contributed by atoms with E-state index < -0.39 is 12.0 Å². The Bertz CT molecular complexity index is 857. The highest BCUT2D eigenvalue weighted by Gasteiger charge is 2.35. The summed E-state index contributed by atoms with van der Waals surface area (Å²) in [4.78, 5) is 9.80. The molecule has 0 spiro atoms. The molecule has 0 aliphatic rings. The smallest absolute Gasteiger partial charge is 0.449 e. The van der Waals surface area contributed by atoms with Gasteiger partial charge in [-0.05, 0) is 23.8 Å². The van der Waals surface area contributed by atoms with Crippen molar-refractivity contribution >= 4 is 11.2 Å². The molecule has 2 aromatic heterocycles. The number of methoxy groups -OCH3 is 2. The normalized spacial score (nSPS) is 11.7. The maximum atomic E-state index is 12.8. The van der Waals surface area contributed by atoms with Crippen LogP contribution >= 0.6 is 0 Å². The zero-order chi connectivity index (χ0) is 17.3. The Morgan fingerprint density at radius 2 is 1.75 bits per heavy atom. The quantitative estimate of drug-likeness (QED) is 0.790. The number of hydrogen-bond donors (Lipinski definition) is 1. The zero-order valence-electron chi connectivity index (χ0n) is 12.9. The van der Waals surface area contributed by atoms with E-state index >= 15 is 0 Å². The number of fused-ring (bicyclic) bond motifs is 1. The van der Waals surface area contributed by atoms with E-state index in [9.17, 15) is 13.2 Å². The van der Waals surface area contributed by atoms with Crippen LogP contribution in [0.1, 0.15) is 17.0 Å². The number of pyridine rings is 1. The first kappa shape index (κ1) is 16.1. The van der Waals surface area contributed by atoms with E-state index in [1.807, 2.05) is 24.3 Å². The molecule has 2 heterocycles. The van der Waals surface area contributed by atoms with Gasteiger partial charge in [-0.15, -0.1) is 0 Å². The minimum Gasteiger partial charge on any atom is -0.497 e. The summed E-state index contributed by atoms with van der Waals surface area (Å²) in [5.41, 5.74) is 1.79. The highest BCUT2D eigenvalue weighted by Crippen LogP contribution is 2.30. The van der Waals surface area contributed by atoms with Gasteiger partial charge < -0.3 is 14.5 Å². The minimum atomic E-state index is -4.55. The monoisotopic (exact) mass is 337 g/mol. The molecule has 0 radical (unpaired) electrons. The third-order valence-electron chi connectivity index (χ3n) is 3.53. The Balaban J connectivity index is 1.99. The first-order valence-electron chi connectivity index (χ1n) is 7.04. The van der Waals surface area contributed by atoms with Crippen molar-refractivity contribution in [2.24, 2.45) is 0 Å². The number of ether oxygens (including phenoxy) is 2. The van der Waals surface area contributed by atoms with Gasteiger partial charge in [0.25, 0.3) is 0 Å². The SMILES string of the molecule is COc1ccc(Cc2cc3[nH]c(C(F)(F)F)nc3nc2OC)cc1. The number of aromatic amines is 1. The third-order valence-corrected chi connectivity index (χ3v) is 3.53. The molecule has 24 heavy (non-hydrogen) atoms. The maximum Gasteiger partial charge on any atom is 0.449 e. The summed E-state index contributed by atoms with van der Waals surface area (Å²) in [6, 6.07) is 8.94. The van der Waals surface area contributed by atoms with Crippen molar-refractivity contribution in [2.75, 3.05) is 14.2 Å². The van der Waals surface area contributed by atoms with Crippen molar-refractivity contribution in [3.8, 4) is 11.6 Å². The minimum absolute atomic E-state index is 0.0299. The number of aromatic nitrogens is 3. The van der Waals surface area contributed by atoms with Crippen LogP contribution in [0.5, 0.6) is 11.6 Å². The molecule has 0 amide bonds. The Morgan fingerprint density at radius 3 is 2.33 bits per heavy atom. The second-order valence-electron chi connectivity index (χ2n) is 5.14. The number of halogens is 3. The van der Waals surface area contributed by atoms with E-state index in [1.165, 1.54) is 7.11 Å². The number of hydrogen-bond acceptors (Lipinski definition) is 4. The van der Waals surface area contributed by atoms with E-state index in [1.54, 1.807) is 13.2 Å². The molecule has 3 aromatic rings. The van der Waals surface area contributed by atoms with Crippen LogP contribution in [-0.4, -0.2) is 29.2 Å². The average molecular weight is 337 g/mol. The summed E-state index contributed by atoms with van der Waals surface area (Å²) in [5.74, 6) is -0.102. The lowest BCUT2D eigenvalue weighted by molar-refractivity contribution is -0.144. The van der Waals surface area contributed by atoms with Crippen LogP contribution in [0.4, 0.5) is 13.2 Å². The molecule has 0 unspecified atom stereocenters. The van der Waals surface area contributed by atoms with Crippen LogP contribution in [0.25, 0.3) is 11.2 Å². The van der Waals surface area contributed by atoms with Gasteiger partial charge in [0.05, 0.1) is 19.7 Å². The predicted molar refractivity (Wildman–Crippen MR) is 81.2 cm³/mol. The number of rotatable bonds is 4. The molecule has 0 saturated heterocycles. The number of alkyl halides is 3. The molecule has 1 N–H and O–H groups in total. The molecule has 3 rings (SSSR count). The Kier molecular flexibility index (Phi) is 4.04. The van der Waals surface area contributed by atoms with Crippen LogP contribution < -0.4 is 9.47 Å². The summed E-state index contributed by atoms with van der Waals surface area (Å²) in [7, 11) is 3.00. The number of H-pyrrole nitrogens is 1. The van der Waals surface area contributed by atoms with Crippen molar-refractivity contribution in [3.63, 3.8) is 0 Å². The summed E-state index contributed by atoms with van der Waals surface area (Å²) in [6.07, 6.45) is -4.10. The van der Waals surface area contributed by atoms with Gasteiger partial charge in [0.1, 0.15) is 5.75 Å². The number of benzene rings is 1. The van der Waals surface area contributed by atoms with Crippen molar-refractivity contribution < 1.29 is 22.6 Å². The lowest BCUT2D eigenvalue weighted by Crippen LogP contribution is -2.06. The number of nitrogens with one attached hydrogen (secondary N) is 1. The molecule has 0 saturated carbocycles. The van der Waals surface area contributed by atoms with E-state index in [2.05, 4.69) is 15.0 Å². The van der Waals surface area contributed by atoms with Crippen LogP contribution in [0.3, 0.4) is 0 Å². The largest absolute Gasteiger partial charge is 0.497 e. The fraction of sp³-hybridized carbons (Fsp3) is 0.250. The van der Waals surface area contributed by atoms with Crippen LogP contribution in [0.15, 0.2) is 30.3 Å². The van der Waals surface area contributed by atoms with Gasteiger partial charge in [0, 0.05) is 12.0 Å². The van der Waals surface area contributed by atoms with Gasteiger partial charge in [-0.25, -0.2) is 4.98 Å². The molecule has 0 aliphatic carbocycles. The molecule has 8 heteroatoms. The Labute approximate surface area is 135 Å². The number of imidazole rings is 1. The van der Waals surface area contributed by atoms with Crippen molar-refractivity contribution in [2.45, 2.75) is 12.6 Å². The first-order chi connectivity index (χ1) is 11.4. The summed E-state index contributed by atoms with van der Waals surface area (Å²) < 4.78 is 48.6. The fourth-order valence-electron chi connectivity index (χ4n) is 2.37. The molecule has 0 bridgehead atoms. The van der Waals surface area contributed by atoms with E-state index in [4.69, 9.17) is 9.47 Å². The fourth-order valence-corrected chi connectivity index (χ4v) is 2.37. The average Bonchev–Trinajstić information content (AvgIpc) is 2.98. The van der Waals surface area contributed by atoms with Crippen LogP contribution in [-0.2, 0) is 12.6 Å². The Morgan fingerprint density at radius 1 is 1.04 bits per heavy atom. The van der Waals surface area contributed by atoms with E-state index in [-0.39, 0.29) is 17.0 Å². The van der Waals surface area contributed by atoms with Crippen molar-refractivity contribution in [3.05, 3.63) is 47.3 Å². The second kappa shape index (κ2) is 6.03. The third kappa shape index (κ3) is 3.12. The van der Waals surface area contributed by atoms with Gasteiger partial charge in [-0.3, -0.25) is 0 Å². The van der Waals surface area contributed by atoms with Gasteiger partial charge in [-0.2, -0.15) is 18.2 Å². The Hall–Kier alpha value is -2.77. The number of nitrogens with zero attached hydrogens (tertiary/aromatic N) is 2. The lowest BCUT2D eigenvalue weighted by Gasteiger charge is -2.08. The van der Waals surface area contributed by atoms with Crippen LogP contribution in [0.2, 0.25) is 0 Å².